The number of hydrogen-bond acceptors (Lipinski definition) is 3. The van der Waals surface area contributed by atoms with Gasteiger partial charge in [-0.15, -0.1) is 13.2 Å². The van der Waals surface area contributed by atoms with Gasteiger partial charge in [0.1, 0.15) is 0 Å². The number of anilines is 1. The predicted octanol–water partition coefficient (Wildman–Crippen LogP) is 2.91. The van der Waals surface area contributed by atoms with Gasteiger partial charge in [0.2, 0.25) is 5.91 Å². The first-order valence-electron chi connectivity index (χ1n) is 6.74. The predicted molar refractivity (Wildman–Crippen MR) is 71.9 cm³/mol. The van der Waals surface area contributed by atoms with Gasteiger partial charge in [0, 0.05) is 12.0 Å². The van der Waals surface area contributed by atoms with E-state index in [4.69, 9.17) is 0 Å². The van der Waals surface area contributed by atoms with E-state index in [1.807, 2.05) is 6.92 Å². The van der Waals surface area contributed by atoms with Crippen molar-refractivity contribution in [3.63, 3.8) is 0 Å². The standard InChI is InChI=1S/C14H17F3N2O2/c1-9-8-10(6-7-18-9)13(20)19-11-4-2-3-5-12(11)21-14(15,16)17/h2-5,9-10,18H,6-8H2,1H3,(H,19,20)/t9-,10-/m0/s1. The van der Waals surface area contributed by atoms with Crippen molar-refractivity contribution in [1.82, 2.24) is 5.32 Å². The Morgan fingerprint density at radius 2 is 2.10 bits per heavy atom. The number of rotatable bonds is 3. The number of carbonyl (C=O) groups excluding carboxylic acids is 1. The highest BCUT2D eigenvalue weighted by molar-refractivity contribution is 5.94. The molecule has 0 aromatic heterocycles. The van der Waals surface area contributed by atoms with E-state index in [1.54, 1.807) is 6.07 Å². The number of ether oxygens (including phenoxy) is 1. The van der Waals surface area contributed by atoms with E-state index in [0.717, 1.165) is 6.54 Å². The maximum atomic E-state index is 12.3. The highest BCUT2D eigenvalue weighted by Crippen LogP contribution is 2.30. The lowest BCUT2D eigenvalue weighted by Crippen LogP contribution is -2.40. The number of para-hydroxylation sites is 2. The Morgan fingerprint density at radius 1 is 1.38 bits per heavy atom. The summed E-state index contributed by atoms with van der Waals surface area (Å²) in [4.78, 5) is 12.2. The molecule has 0 aliphatic carbocycles. The molecule has 1 amide bonds. The molecule has 1 aromatic carbocycles. The Hall–Kier alpha value is -1.76. The fourth-order valence-corrected chi connectivity index (χ4v) is 2.39. The summed E-state index contributed by atoms with van der Waals surface area (Å²) < 4.78 is 40.9. The molecule has 1 aliphatic heterocycles. The van der Waals surface area contributed by atoms with Crippen LogP contribution in [0.15, 0.2) is 24.3 Å². The third-order valence-electron chi connectivity index (χ3n) is 3.37. The first kappa shape index (κ1) is 15.6. The second-order valence-electron chi connectivity index (χ2n) is 5.11. The molecule has 2 atom stereocenters. The summed E-state index contributed by atoms with van der Waals surface area (Å²) in [5, 5.41) is 5.75. The van der Waals surface area contributed by atoms with Crippen LogP contribution in [0.5, 0.6) is 5.75 Å². The molecule has 1 aliphatic rings. The van der Waals surface area contributed by atoms with E-state index in [2.05, 4.69) is 15.4 Å². The minimum Gasteiger partial charge on any atom is -0.404 e. The first-order valence-corrected chi connectivity index (χ1v) is 6.74. The van der Waals surface area contributed by atoms with E-state index >= 15 is 0 Å². The van der Waals surface area contributed by atoms with Gasteiger partial charge in [-0.25, -0.2) is 0 Å². The Kier molecular flexibility index (Phi) is 4.72. The van der Waals surface area contributed by atoms with E-state index in [0.29, 0.717) is 12.8 Å². The van der Waals surface area contributed by atoms with Crippen molar-refractivity contribution < 1.29 is 22.7 Å². The normalized spacial score (nSPS) is 22.7. The average molecular weight is 302 g/mol. The van der Waals surface area contributed by atoms with Crippen LogP contribution in [0.2, 0.25) is 0 Å². The van der Waals surface area contributed by atoms with Crippen LogP contribution in [-0.2, 0) is 4.79 Å². The number of amides is 1. The number of benzene rings is 1. The van der Waals surface area contributed by atoms with Gasteiger partial charge < -0.3 is 15.4 Å². The second-order valence-corrected chi connectivity index (χ2v) is 5.11. The van der Waals surface area contributed by atoms with Crippen LogP contribution in [-0.4, -0.2) is 24.9 Å². The molecule has 0 unspecified atom stereocenters. The van der Waals surface area contributed by atoms with E-state index in [9.17, 15) is 18.0 Å². The number of halogens is 3. The molecule has 1 fully saturated rings. The third kappa shape index (κ3) is 4.63. The maximum Gasteiger partial charge on any atom is 0.573 e. The zero-order valence-corrected chi connectivity index (χ0v) is 11.5. The summed E-state index contributed by atoms with van der Waals surface area (Å²) in [7, 11) is 0. The van der Waals surface area contributed by atoms with Gasteiger partial charge in [-0.2, -0.15) is 0 Å². The van der Waals surface area contributed by atoms with Gasteiger partial charge in [0.05, 0.1) is 5.69 Å². The summed E-state index contributed by atoms with van der Waals surface area (Å²) in [6.45, 7) is 2.69. The van der Waals surface area contributed by atoms with Crippen molar-refractivity contribution in [2.45, 2.75) is 32.2 Å². The Labute approximate surface area is 120 Å². The average Bonchev–Trinajstić information content (AvgIpc) is 2.39. The minimum absolute atomic E-state index is 0.0333. The largest absolute Gasteiger partial charge is 0.573 e. The molecule has 7 heteroatoms. The van der Waals surface area contributed by atoms with Crippen molar-refractivity contribution >= 4 is 11.6 Å². The summed E-state index contributed by atoms with van der Waals surface area (Å²) in [6, 6.07) is 5.75. The molecule has 0 radical (unpaired) electrons. The number of carbonyl (C=O) groups is 1. The van der Waals surface area contributed by atoms with E-state index in [1.165, 1.54) is 18.2 Å². The lowest BCUT2D eigenvalue weighted by Gasteiger charge is -2.27. The number of alkyl halides is 3. The summed E-state index contributed by atoms with van der Waals surface area (Å²) in [5.41, 5.74) is 0.0333. The molecule has 0 saturated carbocycles. The SMILES string of the molecule is C[C@H]1C[C@@H](C(=O)Nc2ccccc2OC(F)(F)F)CCN1. The van der Waals surface area contributed by atoms with Gasteiger partial charge >= 0.3 is 6.36 Å². The quantitative estimate of drug-likeness (QED) is 0.902. The Morgan fingerprint density at radius 3 is 2.76 bits per heavy atom. The molecule has 1 heterocycles. The van der Waals surface area contributed by atoms with Crippen LogP contribution in [0.25, 0.3) is 0 Å². The zero-order valence-electron chi connectivity index (χ0n) is 11.5. The second kappa shape index (κ2) is 6.34. The molecule has 2 N–H and O–H groups in total. The summed E-state index contributed by atoms with van der Waals surface area (Å²) >= 11 is 0. The Balaban J connectivity index is 2.07. The van der Waals surface area contributed by atoms with Crippen molar-refractivity contribution in [2.75, 3.05) is 11.9 Å². The van der Waals surface area contributed by atoms with Crippen LogP contribution >= 0.6 is 0 Å². The summed E-state index contributed by atoms with van der Waals surface area (Å²) in [6.07, 6.45) is -3.46. The number of nitrogens with one attached hydrogen (secondary N) is 2. The van der Waals surface area contributed by atoms with Crippen molar-refractivity contribution in [2.24, 2.45) is 5.92 Å². The highest BCUT2D eigenvalue weighted by Gasteiger charge is 2.32. The molecule has 1 saturated heterocycles. The zero-order chi connectivity index (χ0) is 15.5. The molecular weight excluding hydrogens is 285 g/mol. The van der Waals surface area contributed by atoms with Crippen LogP contribution in [0.4, 0.5) is 18.9 Å². The smallest absolute Gasteiger partial charge is 0.404 e. The fourth-order valence-electron chi connectivity index (χ4n) is 2.39. The van der Waals surface area contributed by atoms with Gasteiger partial charge in [-0.3, -0.25) is 4.79 Å². The van der Waals surface area contributed by atoms with Crippen LogP contribution < -0.4 is 15.4 Å². The third-order valence-corrected chi connectivity index (χ3v) is 3.37. The molecule has 0 bridgehead atoms. The van der Waals surface area contributed by atoms with Gasteiger partial charge in [-0.05, 0) is 38.4 Å². The molecule has 1 aromatic rings. The van der Waals surface area contributed by atoms with E-state index in [-0.39, 0.29) is 23.6 Å². The molecular formula is C14H17F3N2O2. The fraction of sp³-hybridized carbons (Fsp3) is 0.500. The van der Waals surface area contributed by atoms with Crippen molar-refractivity contribution in [1.29, 1.82) is 0 Å². The molecule has 0 spiro atoms. The first-order chi connectivity index (χ1) is 9.85. The minimum atomic E-state index is -4.79. The van der Waals surface area contributed by atoms with Crippen LogP contribution in [0.3, 0.4) is 0 Å². The monoisotopic (exact) mass is 302 g/mol. The van der Waals surface area contributed by atoms with Gasteiger partial charge in [0.25, 0.3) is 0 Å². The van der Waals surface area contributed by atoms with Crippen LogP contribution in [0.1, 0.15) is 19.8 Å². The van der Waals surface area contributed by atoms with Gasteiger partial charge in [0.15, 0.2) is 5.75 Å². The van der Waals surface area contributed by atoms with Crippen molar-refractivity contribution in [3.8, 4) is 5.75 Å². The summed E-state index contributed by atoms with van der Waals surface area (Å²) in [5.74, 6) is -0.887. The highest BCUT2D eigenvalue weighted by atomic mass is 19.4. The number of piperidine rings is 1. The van der Waals surface area contributed by atoms with Crippen LogP contribution in [0, 0.1) is 5.92 Å². The van der Waals surface area contributed by atoms with Crippen molar-refractivity contribution in [3.05, 3.63) is 24.3 Å². The van der Waals surface area contributed by atoms with Gasteiger partial charge in [-0.1, -0.05) is 12.1 Å². The topological polar surface area (TPSA) is 50.4 Å². The Bertz CT molecular complexity index is 505. The molecule has 4 nitrogen and oxygen atoms in total. The maximum absolute atomic E-state index is 12.3. The lowest BCUT2D eigenvalue weighted by atomic mass is 9.92. The molecule has 21 heavy (non-hydrogen) atoms. The lowest BCUT2D eigenvalue weighted by molar-refractivity contribution is -0.274. The molecule has 2 rings (SSSR count). The molecule has 116 valence electrons. The number of hydrogen-bond donors (Lipinski definition) is 2. The van der Waals surface area contributed by atoms with E-state index < -0.39 is 12.1 Å².